The molecule has 1 aromatic carbocycles. The van der Waals surface area contributed by atoms with Crippen molar-refractivity contribution in [2.24, 2.45) is 0 Å². The molecule has 1 amide bonds. The minimum atomic E-state index is 0.302. The van der Waals surface area contributed by atoms with E-state index in [1.807, 2.05) is 12.1 Å². The molecule has 1 aromatic rings. The van der Waals surface area contributed by atoms with Gasteiger partial charge >= 0.3 is 0 Å². The summed E-state index contributed by atoms with van der Waals surface area (Å²) >= 11 is 0. The minimum Gasteiger partial charge on any atom is -0.508 e. The number of nitrogens with one attached hydrogen (secondary N) is 2. The van der Waals surface area contributed by atoms with Gasteiger partial charge in [-0.1, -0.05) is 18.6 Å². The van der Waals surface area contributed by atoms with E-state index in [9.17, 15) is 4.79 Å². The minimum absolute atomic E-state index is 0.302. The number of phenolic OH excluding ortho intramolecular Hbond substituents is 1. The number of carbonyl (C=O) groups excluding carboxylic acids is 1. The summed E-state index contributed by atoms with van der Waals surface area (Å²) in [5.74, 6) is 0.302. The summed E-state index contributed by atoms with van der Waals surface area (Å²) in [5.41, 5.74) is 1.17. The largest absolute Gasteiger partial charge is 0.508 e. The molecule has 0 aromatic heterocycles. The van der Waals surface area contributed by atoms with Crippen molar-refractivity contribution in [2.75, 3.05) is 13.1 Å². The fourth-order valence-corrected chi connectivity index (χ4v) is 1.56. The van der Waals surface area contributed by atoms with Crippen molar-refractivity contribution < 1.29 is 9.90 Å². The van der Waals surface area contributed by atoms with Crippen LogP contribution in [0.5, 0.6) is 5.75 Å². The molecule has 0 unspecified atom stereocenters. The van der Waals surface area contributed by atoms with Gasteiger partial charge in [0.05, 0.1) is 0 Å². The van der Waals surface area contributed by atoms with E-state index >= 15 is 0 Å². The normalized spacial score (nSPS) is 10.1. The van der Waals surface area contributed by atoms with Crippen molar-refractivity contribution in [1.82, 2.24) is 10.6 Å². The van der Waals surface area contributed by atoms with Gasteiger partial charge in [-0.2, -0.15) is 0 Å². The monoisotopic (exact) mass is 236 g/mol. The van der Waals surface area contributed by atoms with Crippen LogP contribution in [-0.4, -0.2) is 24.6 Å². The zero-order valence-electron chi connectivity index (χ0n) is 9.98. The Morgan fingerprint density at radius 3 is 2.47 bits per heavy atom. The van der Waals surface area contributed by atoms with Gasteiger partial charge in [0.15, 0.2) is 0 Å². The molecule has 3 N–H and O–H groups in total. The van der Waals surface area contributed by atoms with Gasteiger partial charge in [-0.3, -0.25) is 4.79 Å². The van der Waals surface area contributed by atoms with Crippen molar-refractivity contribution in [3.05, 3.63) is 29.8 Å². The van der Waals surface area contributed by atoms with Crippen LogP contribution in [-0.2, 0) is 11.3 Å². The quantitative estimate of drug-likeness (QED) is 0.448. The zero-order chi connectivity index (χ0) is 12.3. The van der Waals surface area contributed by atoms with Crippen molar-refractivity contribution in [2.45, 2.75) is 25.8 Å². The van der Waals surface area contributed by atoms with Crippen LogP contribution in [0.3, 0.4) is 0 Å². The van der Waals surface area contributed by atoms with Crippen molar-refractivity contribution >= 4 is 6.41 Å². The first-order valence-corrected chi connectivity index (χ1v) is 5.98. The second kappa shape index (κ2) is 8.58. The van der Waals surface area contributed by atoms with E-state index in [4.69, 9.17) is 5.11 Å². The maximum absolute atomic E-state index is 9.98. The maximum atomic E-state index is 9.98. The van der Waals surface area contributed by atoms with Gasteiger partial charge in [-0.25, -0.2) is 0 Å². The van der Waals surface area contributed by atoms with Crippen LogP contribution in [0.1, 0.15) is 24.8 Å². The van der Waals surface area contributed by atoms with E-state index in [1.54, 1.807) is 12.1 Å². The smallest absolute Gasteiger partial charge is 0.207 e. The molecular weight excluding hydrogens is 216 g/mol. The molecule has 0 bridgehead atoms. The van der Waals surface area contributed by atoms with Crippen LogP contribution in [0.15, 0.2) is 24.3 Å². The Hall–Kier alpha value is -1.55. The standard InChI is InChI=1S/C13H20N2O2/c16-11-15-9-3-1-2-8-14-10-12-4-6-13(17)7-5-12/h4-7,11,14,17H,1-3,8-10H2,(H,15,16). The van der Waals surface area contributed by atoms with Gasteiger partial charge in [0, 0.05) is 13.1 Å². The summed E-state index contributed by atoms with van der Waals surface area (Å²) in [6, 6.07) is 7.22. The molecule has 0 atom stereocenters. The molecular formula is C13H20N2O2. The van der Waals surface area contributed by atoms with Crippen LogP contribution in [0, 0.1) is 0 Å². The number of carbonyl (C=O) groups is 1. The average molecular weight is 236 g/mol. The van der Waals surface area contributed by atoms with Gasteiger partial charge in [0.25, 0.3) is 0 Å². The molecule has 0 saturated carbocycles. The topological polar surface area (TPSA) is 61.4 Å². The van der Waals surface area contributed by atoms with Gasteiger partial charge in [-0.15, -0.1) is 0 Å². The summed E-state index contributed by atoms with van der Waals surface area (Å²) in [6.07, 6.45) is 3.99. The van der Waals surface area contributed by atoms with Crippen LogP contribution in [0.2, 0.25) is 0 Å². The summed E-state index contributed by atoms with van der Waals surface area (Å²) in [7, 11) is 0. The van der Waals surface area contributed by atoms with Gasteiger partial charge < -0.3 is 15.7 Å². The molecule has 4 heteroatoms. The number of hydrogen-bond acceptors (Lipinski definition) is 3. The SMILES string of the molecule is O=CNCCCCCNCc1ccc(O)cc1. The second-order valence-electron chi connectivity index (χ2n) is 3.98. The predicted molar refractivity (Wildman–Crippen MR) is 67.7 cm³/mol. The lowest BCUT2D eigenvalue weighted by molar-refractivity contribution is -0.109. The molecule has 94 valence electrons. The fourth-order valence-electron chi connectivity index (χ4n) is 1.56. The third-order valence-electron chi connectivity index (χ3n) is 2.52. The fraction of sp³-hybridized carbons (Fsp3) is 0.462. The van der Waals surface area contributed by atoms with E-state index in [2.05, 4.69) is 10.6 Å². The number of hydrogen-bond donors (Lipinski definition) is 3. The van der Waals surface area contributed by atoms with Crippen LogP contribution < -0.4 is 10.6 Å². The zero-order valence-corrected chi connectivity index (χ0v) is 9.98. The van der Waals surface area contributed by atoms with Crippen LogP contribution in [0.4, 0.5) is 0 Å². The van der Waals surface area contributed by atoms with Crippen molar-refractivity contribution in [3.63, 3.8) is 0 Å². The summed E-state index contributed by atoms with van der Waals surface area (Å²) in [6.45, 7) is 2.57. The molecule has 0 aliphatic heterocycles. The highest BCUT2D eigenvalue weighted by Gasteiger charge is 1.93. The third kappa shape index (κ3) is 6.58. The first-order chi connectivity index (χ1) is 8.33. The van der Waals surface area contributed by atoms with Gasteiger partial charge in [-0.05, 0) is 37.1 Å². The summed E-state index contributed by atoms with van der Waals surface area (Å²) in [4.78, 5) is 9.98. The lowest BCUT2D eigenvalue weighted by Gasteiger charge is -2.05. The Balaban J connectivity index is 1.97. The van der Waals surface area contributed by atoms with E-state index in [-0.39, 0.29) is 0 Å². The highest BCUT2D eigenvalue weighted by Crippen LogP contribution is 2.09. The Morgan fingerprint density at radius 1 is 1.06 bits per heavy atom. The average Bonchev–Trinajstić information content (AvgIpc) is 2.35. The molecule has 0 fully saturated rings. The molecule has 0 aliphatic rings. The maximum Gasteiger partial charge on any atom is 0.207 e. The van der Waals surface area contributed by atoms with E-state index < -0.39 is 0 Å². The summed E-state index contributed by atoms with van der Waals surface area (Å²) in [5, 5.41) is 15.1. The predicted octanol–water partition coefficient (Wildman–Crippen LogP) is 1.40. The van der Waals surface area contributed by atoms with Crippen LogP contribution >= 0.6 is 0 Å². The highest BCUT2D eigenvalue weighted by atomic mass is 16.3. The molecule has 0 heterocycles. The lowest BCUT2D eigenvalue weighted by atomic mass is 10.2. The first-order valence-electron chi connectivity index (χ1n) is 5.98. The first kappa shape index (κ1) is 13.5. The highest BCUT2D eigenvalue weighted by molar-refractivity contribution is 5.45. The molecule has 1 rings (SSSR count). The van der Waals surface area contributed by atoms with Gasteiger partial charge in [0.2, 0.25) is 6.41 Å². The third-order valence-corrected chi connectivity index (χ3v) is 2.52. The van der Waals surface area contributed by atoms with Gasteiger partial charge in [0.1, 0.15) is 5.75 Å². The Labute approximate surface area is 102 Å². The van der Waals surface area contributed by atoms with E-state index in [0.717, 1.165) is 45.3 Å². The molecule has 0 saturated heterocycles. The van der Waals surface area contributed by atoms with E-state index in [1.165, 1.54) is 5.56 Å². The molecule has 0 aliphatic carbocycles. The molecule has 4 nitrogen and oxygen atoms in total. The lowest BCUT2D eigenvalue weighted by Crippen LogP contribution is -2.16. The van der Waals surface area contributed by atoms with Crippen molar-refractivity contribution in [1.29, 1.82) is 0 Å². The number of amides is 1. The second-order valence-corrected chi connectivity index (χ2v) is 3.98. The Bertz CT molecular complexity index is 312. The van der Waals surface area contributed by atoms with Crippen LogP contribution in [0.25, 0.3) is 0 Å². The number of unbranched alkanes of at least 4 members (excludes halogenated alkanes) is 2. The van der Waals surface area contributed by atoms with Crippen molar-refractivity contribution in [3.8, 4) is 5.75 Å². The molecule has 17 heavy (non-hydrogen) atoms. The molecule has 0 spiro atoms. The Kier molecular flexibility index (Phi) is 6.82. The number of phenols is 1. The Morgan fingerprint density at radius 2 is 1.76 bits per heavy atom. The number of aromatic hydroxyl groups is 1. The molecule has 0 radical (unpaired) electrons. The number of benzene rings is 1. The number of rotatable bonds is 9. The van der Waals surface area contributed by atoms with E-state index in [0.29, 0.717) is 5.75 Å². The summed E-state index contributed by atoms with van der Waals surface area (Å²) < 4.78 is 0.